The Bertz CT molecular complexity index is 625. The second-order valence-electron chi connectivity index (χ2n) is 4.13. The first-order chi connectivity index (χ1) is 9.52. The SMILES string of the molecule is NCCC(C(=O)O)c1nc(-c2ccc(O)c(O)c2)no1. The number of hydrogen-bond donors (Lipinski definition) is 4. The predicted octanol–water partition coefficient (Wildman–Crippen LogP) is 0.665. The molecular formula is C12H13N3O5. The van der Waals surface area contributed by atoms with Crippen LogP contribution in [-0.4, -0.2) is 38.0 Å². The van der Waals surface area contributed by atoms with Gasteiger partial charge in [0.1, 0.15) is 5.92 Å². The van der Waals surface area contributed by atoms with Crippen LogP contribution in [0.3, 0.4) is 0 Å². The summed E-state index contributed by atoms with van der Waals surface area (Å²) in [6.45, 7) is 0.175. The third-order valence-corrected chi connectivity index (χ3v) is 2.73. The molecule has 8 heteroatoms. The number of aliphatic carboxylic acids is 1. The smallest absolute Gasteiger partial charge is 0.316 e. The van der Waals surface area contributed by atoms with Crippen LogP contribution in [0.1, 0.15) is 18.2 Å². The number of hydrogen-bond acceptors (Lipinski definition) is 7. The molecule has 106 valence electrons. The van der Waals surface area contributed by atoms with Gasteiger partial charge >= 0.3 is 5.97 Å². The van der Waals surface area contributed by atoms with Gasteiger partial charge in [-0.2, -0.15) is 4.98 Å². The number of nitrogens with two attached hydrogens (primary N) is 1. The topological polar surface area (TPSA) is 143 Å². The molecule has 0 amide bonds. The number of carbonyl (C=O) groups is 1. The van der Waals surface area contributed by atoms with Gasteiger partial charge in [0.15, 0.2) is 11.5 Å². The van der Waals surface area contributed by atoms with Gasteiger partial charge in [-0.3, -0.25) is 4.79 Å². The molecule has 2 rings (SSSR count). The summed E-state index contributed by atoms with van der Waals surface area (Å²) in [5.41, 5.74) is 5.74. The van der Waals surface area contributed by atoms with E-state index in [-0.39, 0.29) is 36.2 Å². The summed E-state index contributed by atoms with van der Waals surface area (Å²) < 4.78 is 4.92. The summed E-state index contributed by atoms with van der Waals surface area (Å²) in [5.74, 6) is -2.59. The van der Waals surface area contributed by atoms with Crippen molar-refractivity contribution in [2.24, 2.45) is 5.73 Å². The highest BCUT2D eigenvalue weighted by Gasteiger charge is 2.26. The molecule has 0 aliphatic carbocycles. The van der Waals surface area contributed by atoms with Gasteiger partial charge in [0.25, 0.3) is 0 Å². The van der Waals surface area contributed by atoms with Crippen molar-refractivity contribution in [1.82, 2.24) is 10.1 Å². The fourth-order valence-electron chi connectivity index (χ4n) is 1.68. The lowest BCUT2D eigenvalue weighted by Crippen LogP contribution is -2.16. The van der Waals surface area contributed by atoms with E-state index in [1.807, 2.05) is 0 Å². The highest BCUT2D eigenvalue weighted by molar-refractivity contribution is 5.74. The highest BCUT2D eigenvalue weighted by Crippen LogP contribution is 2.30. The van der Waals surface area contributed by atoms with Gasteiger partial charge in [-0.25, -0.2) is 0 Å². The molecule has 1 unspecified atom stereocenters. The average Bonchev–Trinajstić information content (AvgIpc) is 2.88. The molecule has 1 heterocycles. The lowest BCUT2D eigenvalue weighted by Gasteiger charge is -2.04. The van der Waals surface area contributed by atoms with Crippen LogP contribution in [0.4, 0.5) is 0 Å². The van der Waals surface area contributed by atoms with Crippen molar-refractivity contribution < 1.29 is 24.6 Å². The van der Waals surface area contributed by atoms with Crippen LogP contribution in [0.5, 0.6) is 11.5 Å². The van der Waals surface area contributed by atoms with E-state index in [1.54, 1.807) is 0 Å². The number of aromatic nitrogens is 2. The van der Waals surface area contributed by atoms with Crippen LogP contribution in [0.2, 0.25) is 0 Å². The Morgan fingerprint density at radius 1 is 1.35 bits per heavy atom. The Morgan fingerprint density at radius 2 is 2.10 bits per heavy atom. The molecule has 0 spiro atoms. The Hall–Kier alpha value is -2.61. The van der Waals surface area contributed by atoms with Gasteiger partial charge < -0.3 is 25.6 Å². The molecule has 1 atom stereocenters. The van der Waals surface area contributed by atoms with E-state index >= 15 is 0 Å². The van der Waals surface area contributed by atoms with Crippen molar-refractivity contribution >= 4 is 5.97 Å². The van der Waals surface area contributed by atoms with Crippen molar-refractivity contribution in [3.8, 4) is 22.9 Å². The molecule has 0 saturated heterocycles. The largest absolute Gasteiger partial charge is 0.504 e. The first kappa shape index (κ1) is 13.8. The molecule has 1 aromatic carbocycles. The molecule has 0 radical (unpaired) electrons. The zero-order valence-corrected chi connectivity index (χ0v) is 10.4. The standard InChI is InChI=1S/C12H13N3O5/c13-4-3-7(12(18)19)11-14-10(15-20-11)6-1-2-8(16)9(17)5-6/h1-2,5,7,16-17H,3-4,13H2,(H,18,19). The number of carboxylic acid groups (broad SMARTS) is 1. The van der Waals surface area contributed by atoms with Crippen LogP contribution in [0.25, 0.3) is 11.4 Å². The van der Waals surface area contributed by atoms with Gasteiger partial charge in [-0.1, -0.05) is 5.16 Å². The summed E-state index contributed by atoms with van der Waals surface area (Å²) in [6, 6.07) is 4.00. The van der Waals surface area contributed by atoms with Gasteiger partial charge in [0.2, 0.25) is 11.7 Å². The molecule has 5 N–H and O–H groups in total. The Morgan fingerprint density at radius 3 is 2.70 bits per heavy atom. The van der Waals surface area contributed by atoms with E-state index in [0.717, 1.165) is 0 Å². The zero-order chi connectivity index (χ0) is 14.7. The fraction of sp³-hybridized carbons (Fsp3) is 0.250. The van der Waals surface area contributed by atoms with E-state index in [4.69, 9.17) is 15.4 Å². The lowest BCUT2D eigenvalue weighted by molar-refractivity contribution is -0.139. The molecule has 0 bridgehead atoms. The second-order valence-corrected chi connectivity index (χ2v) is 4.13. The van der Waals surface area contributed by atoms with Gasteiger partial charge in [-0.15, -0.1) is 0 Å². The van der Waals surface area contributed by atoms with Crippen LogP contribution in [-0.2, 0) is 4.79 Å². The second kappa shape index (κ2) is 5.57. The van der Waals surface area contributed by atoms with Crippen LogP contribution >= 0.6 is 0 Å². The number of carboxylic acids is 1. The van der Waals surface area contributed by atoms with Crippen molar-refractivity contribution in [2.45, 2.75) is 12.3 Å². The first-order valence-corrected chi connectivity index (χ1v) is 5.81. The molecule has 0 aliphatic heterocycles. The molecular weight excluding hydrogens is 266 g/mol. The summed E-state index contributed by atoms with van der Waals surface area (Å²) in [7, 11) is 0. The number of benzene rings is 1. The molecule has 0 fully saturated rings. The summed E-state index contributed by atoms with van der Waals surface area (Å²) in [5, 5.41) is 31.3. The Labute approximate surface area is 113 Å². The molecule has 2 aromatic rings. The maximum Gasteiger partial charge on any atom is 0.316 e. The number of aromatic hydroxyl groups is 2. The molecule has 20 heavy (non-hydrogen) atoms. The third kappa shape index (κ3) is 2.69. The number of phenols is 2. The minimum Gasteiger partial charge on any atom is -0.504 e. The Kier molecular flexibility index (Phi) is 3.85. The van der Waals surface area contributed by atoms with E-state index in [1.165, 1.54) is 18.2 Å². The normalized spacial score (nSPS) is 12.2. The van der Waals surface area contributed by atoms with E-state index in [9.17, 15) is 15.0 Å². The monoisotopic (exact) mass is 279 g/mol. The van der Waals surface area contributed by atoms with Gasteiger partial charge in [-0.05, 0) is 31.2 Å². The quantitative estimate of drug-likeness (QED) is 0.584. The van der Waals surface area contributed by atoms with Crippen LogP contribution < -0.4 is 5.73 Å². The summed E-state index contributed by atoms with van der Waals surface area (Å²) in [6.07, 6.45) is 0.178. The first-order valence-electron chi connectivity index (χ1n) is 5.81. The number of phenolic OH excluding ortho intramolecular Hbond substituents is 2. The van der Waals surface area contributed by atoms with E-state index in [0.29, 0.717) is 5.56 Å². The predicted molar refractivity (Wildman–Crippen MR) is 67.1 cm³/mol. The van der Waals surface area contributed by atoms with Gasteiger partial charge in [0.05, 0.1) is 0 Å². The zero-order valence-electron chi connectivity index (χ0n) is 10.4. The average molecular weight is 279 g/mol. The van der Waals surface area contributed by atoms with Crippen molar-refractivity contribution in [3.05, 3.63) is 24.1 Å². The van der Waals surface area contributed by atoms with Crippen molar-refractivity contribution in [2.75, 3.05) is 6.54 Å². The minimum absolute atomic E-state index is 0.0504. The van der Waals surface area contributed by atoms with Gasteiger partial charge in [0, 0.05) is 5.56 Å². The third-order valence-electron chi connectivity index (χ3n) is 2.73. The maximum absolute atomic E-state index is 11.1. The van der Waals surface area contributed by atoms with E-state index < -0.39 is 11.9 Å². The molecule has 0 aliphatic rings. The fourth-order valence-corrected chi connectivity index (χ4v) is 1.68. The number of nitrogens with zero attached hydrogens (tertiary/aromatic N) is 2. The van der Waals surface area contributed by atoms with Crippen molar-refractivity contribution in [3.63, 3.8) is 0 Å². The lowest BCUT2D eigenvalue weighted by atomic mass is 10.1. The van der Waals surface area contributed by atoms with Crippen LogP contribution in [0.15, 0.2) is 22.7 Å². The van der Waals surface area contributed by atoms with Crippen molar-refractivity contribution in [1.29, 1.82) is 0 Å². The Balaban J connectivity index is 2.32. The number of rotatable bonds is 5. The summed E-state index contributed by atoms with van der Waals surface area (Å²) in [4.78, 5) is 15.1. The minimum atomic E-state index is -1.10. The molecule has 8 nitrogen and oxygen atoms in total. The maximum atomic E-state index is 11.1. The molecule has 0 saturated carbocycles. The summed E-state index contributed by atoms with van der Waals surface area (Å²) >= 11 is 0. The van der Waals surface area contributed by atoms with E-state index in [2.05, 4.69) is 10.1 Å². The molecule has 1 aromatic heterocycles. The van der Waals surface area contributed by atoms with Crippen LogP contribution in [0, 0.1) is 0 Å². The highest BCUT2D eigenvalue weighted by atomic mass is 16.5.